The highest BCUT2D eigenvalue weighted by Gasteiger charge is 2.23. The zero-order valence-corrected chi connectivity index (χ0v) is 16.3. The van der Waals surface area contributed by atoms with E-state index in [2.05, 4.69) is 6.08 Å². The third-order valence-corrected chi connectivity index (χ3v) is 5.93. The van der Waals surface area contributed by atoms with Crippen LogP contribution in [0.5, 0.6) is 0 Å². The van der Waals surface area contributed by atoms with Crippen molar-refractivity contribution in [1.82, 2.24) is 5.06 Å². The van der Waals surface area contributed by atoms with E-state index < -0.39 is 10.1 Å². The molecule has 0 amide bonds. The van der Waals surface area contributed by atoms with Gasteiger partial charge in [0.25, 0.3) is 0 Å². The van der Waals surface area contributed by atoms with Gasteiger partial charge in [0.15, 0.2) is 0 Å². The molecule has 26 heavy (non-hydrogen) atoms. The molecule has 0 spiro atoms. The van der Waals surface area contributed by atoms with Crippen LogP contribution >= 0.6 is 11.6 Å². The van der Waals surface area contributed by atoms with Gasteiger partial charge in [-0.05, 0) is 56.0 Å². The van der Waals surface area contributed by atoms with Crippen molar-refractivity contribution in [2.24, 2.45) is 0 Å². The summed E-state index contributed by atoms with van der Waals surface area (Å²) in [5.41, 5.74) is 3.55. The van der Waals surface area contributed by atoms with Crippen molar-refractivity contribution in [3.05, 3.63) is 76.3 Å². The molecule has 4 nitrogen and oxygen atoms in total. The van der Waals surface area contributed by atoms with Gasteiger partial charge in [-0.2, -0.15) is 17.8 Å². The first-order valence-electron chi connectivity index (χ1n) is 8.61. The van der Waals surface area contributed by atoms with E-state index in [1.807, 2.05) is 31.2 Å². The number of piperidine rings is 1. The molecule has 6 heteroatoms. The Bertz CT molecular complexity index is 864. The topological polar surface area (TPSA) is 46.6 Å². The van der Waals surface area contributed by atoms with Gasteiger partial charge in [0.1, 0.15) is 0 Å². The van der Waals surface area contributed by atoms with Crippen LogP contribution in [0.2, 0.25) is 5.02 Å². The third kappa shape index (κ3) is 5.17. The molecule has 2 aromatic carbocycles. The van der Waals surface area contributed by atoms with Gasteiger partial charge in [-0.15, -0.1) is 0 Å². The molecular formula is C20H22ClNO3S. The van der Waals surface area contributed by atoms with E-state index in [0.29, 0.717) is 13.1 Å². The summed E-state index contributed by atoms with van der Waals surface area (Å²) in [6.45, 7) is 3.05. The third-order valence-electron chi connectivity index (χ3n) is 4.42. The van der Waals surface area contributed by atoms with Crippen LogP contribution < -0.4 is 0 Å². The minimum absolute atomic E-state index is 0.187. The summed E-state index contributed by atoms with van der Waals surface area (Å²) < 4.78 is 30.0. The van der Waals surface area contributed by atoms with Gasteiger partial charge in [-0.1, -0.05) is 53.1 Å². The standard InChI is InChI=1S/C20H22ClNO3S/c1-16-2-10-20(11-3-16)26(23,24)25-22-14-12-18(13-15-22)5-4-17-6-8-19(21)9-7-17/h2-3,5-11H,4,12-15H2,1H3. The lowest BCUT2D eigenvalue weighted by atomic mass is 10.0. The van der Waals surface area contributed by atoms with Gasteiger partial charge < -0.3 is 0 Å². The maximum absolute atomic E-state index is 12.3. The quantitative estimate of drug-likeness (QED) is 0.702. The molecule has 0 N–H and O–H groups in total. The van der Waals surface area contributed by atoms with E-state index in [4.69, 9.17) is 15.9 Å². The number of benzene rings is 2. The van der Waals surface area contributed by atoms with E-state index in [0.717, 1.165) is 29.8 Å². The Balaban J connectivity index is 1.54. The Morgan fingerprint density at radius 1 is 1.04 bits per heavy atom. The molecule has 1 aliphatic heterocycles. The van der Waals surface area contributed by atoms with Gasteiger partial charge >= 0.3 is 10.1 Å². The van der Waals surface area contributed by atoms with E-state index in [1.165, 1.54) is 16.2 Å². The first-order valence-corrected chi connectivity index (χ1v) is 10.4. The highest BCUT2D eigenvalue weighted by Crippen LogP contribution is 2.21. The van der Waals surface area contributed by atoms with Crippen molar-refractivity contribution in [2.75, 3.05) is 13.1 Å². The van der Waals surface area contributed by atoms with E-state index in [9.17, 15) is 8.42 Å². The Morgan fingerprint density at radius 2 is 1.65 bits per heavy atom. The lowest BCUT2D eigenvalue weighted by molar-refractivity contribution is -0.0575. The molecule has 1 saturated heterocycles. The van der Waals surface area contributed by atoms with Crippen LogP contribution in [0.1, 0.15) is 24.0 Å². The molecule has 0 atom stereocenters. The Kier molecular flexibility index (Phi) is 6.14. The van der Waals surface area contributed by atoms with Gasteiger partial charge in [0.2, 0.25) is 0 Å². The number of hydrogen-bond donors (Lipinski definition) is 0. The number of nitrogens with zero attached hydrogens (tertiary/aromatic N) is 1. The van der Waals surface area contributed by atoms with Crippen molar-refractivity contribution >= 4 is 21.7 Å². The number of rotatable bonds is 5. The number of halogens is 1. The van der Waals surface area contributed by atoms with Gasteiger partial charge in [0.05, 0.1) is 4.90 Å². The van der Waals surface area contributed by atoms with Gasteiger partial charge in [-0.3, -0.25) is 0 Å². The fraction of sp³-hybridized carbons (Fsp3) is 0.300. The molecule has 0 radical (unpaired) electrons. The lowest BCUT2D eigenvalue weighted by Gasteiger charge is -2.26. The Labute approximate surface area is 160 Å². The van der Waals surface area contributed by atoms with Gasteiger partial charge in [0, 0.05) is 18.1 Å². The second kappa shape index (κ2) is 8.35. The van der Waals surface area contributed by atoms with Gasteiger partial charge in [-0.25, -0.2) is 0 Å². The van der Waals surface area contributed by atoms with Crippen LogP contribution in [0.3, 0.4) is 0 Å². The monoisotopic (exact) mass is 391 g/mol. The number of hydroxylamine groups is 2. The molecule has 1 fully saturated rings. The predicted molar refractivity (Wildman–Crippen MR) is 103 cm³/mol. The lowest BCUT2D eigenvalue weighted by Crippen LogP contribution is -2.33. The summed E-state index contributed by atoms with van der Waals surface area (Å²) in [4.78, 5) is 0.187. The van der Waals surface area contributed by atoms with Crippen LogP contribution in [0.25, 0.3) is 0 Å². The van der Waals surface area contributed by atoms with E-state index >= 15 is 0 Å². The molecule has 3 rings (SSSR count). The van der Waals surface area contributed by atoms with Crippen LogP contribution in [-0.2, 0) is 20.8 Å². The second-order valence-corrected chi connectivity index (χ2v) is 8.43. The molecule has 0 aliphatic carbocycles. The number of aryl methyl sites for hydroxylation is 1. The second-order valence-electron chi connectivity index (χ2n) is 6.46. The molecular weight excluding hydrogens is 370 g/mol. The fourth-order valence-corrected chi connectivity index (χ4v) is 3.93. The Hall–Kier alpha value is -1.66. The number of hydrogen-bond acceptors (Lipinski definition) is 4. The van der Waals surface area contributed by atoms with Crippen molar-refractivity contribution < 1.29 is 12.7 Å². The van der Waals surface area contributed by atoms with Crippen LogP contribution in [0, 0.1) is 6.92 Å². The maximum Gasteiger partial charge on any atom is 0.313 e. The summed E-state index contributed by atoms with van der Waals surface area (Å²) in [6, 6.07) is 14.5. The molecule has 2 aromatic rings. The minimum atomic E-state index is -3.76. The minimum Gasteiger partial charge on any atom is -0.192 e. The van der Waals surface area contributed by atoms with Crippen molar-refractivity contribution in [1.29, 1.82) is 0 Å². The van der Waals surface area contributed by atoms with Crippen LogP contribution in [0.15, 0.2) is 65.1 Å². The molecule has 0 bridgehead atoms. The van der Waals surface area contributed by atoms with Crippen LogP contribution in [0.4, 0.5) is 0 Å². The molecule has 0 aromatic heterocycles. The molecule has 138 valence electrons. The molecule has 1 heterocycles. The average molecular weight is 392 g/mol. The summed E-state index contributed by atoms with van der Waals surface area (Å²) in [5, 5.41) is 2.27. The summed E-state index contributed by atoms with van der Waals surface area (Å²) in [7, 11) is -3.76. The average Bonchev–Trinajstić information content (AvgIpc) is 2.62. The largest absolute Gasteiger partial charge is 0.313 e. The molecule has 0 unspecified atom stereocenters. The molecule has 1 aliphatic rings. The molecule has 0 saturated carbocycles. The highest BCUT2D eigenvalue weighted by atomic mass is 35.5. The SMILES string of the molecule is Cc1ccc(S(=O)(=O)ON2CCC(=CCc3ccc(Cl)cc3)CC2)cc1. The summed E-state index contributed by atoms with van der Waals surface area (Å²) in [5.74, 6) is 0. The summed E-state index contributed by atoms with van der Waals surface area (Å²) >= 11 is 5.90. The van der Waals surface area contributed by atoms with Crippen molar-refractivity contribution in [2.45, 2.75) is 31.1 Å². The number of allylic oxidation sites excluding steroid dienone is 1. The predicted octanol–water partition coefficient (Wildman–Crippen LogP) is 4.53. The summed E-state index contributed by atoms with van der Waals surface area (Å²) in [6.07, 6.45) is 4.68. The smallest absolute Gasteiger partial charge is 0.192 e. The Morgan fingerprint density at radius 3 is 2.27 bits per heavy atom. The maximum atomic E-state index is 12.3. The van der Waals surface area contributed by atoms with E-state index in [-0.39, 0.29) is 4.90 Å². The highest BCUT2D eigenvalue weighted by molar-refractivity contribution is 7.86. The zero-order chi connectivity index (χ0) is 18.6. The van der Waals surface area contributed by atoms with Crippen molar-refractivity contribution in [3.8, 4) is 0 Å². The van der Waals surface area contributed by atoms with Crippen molar-refractivity contribution in [3.63, 3.8) is 0 Å². The van der Waals surface area contributed by atoms with E-state index in [1.54, 1.807) is 24.3 Å². The fourth-order valence-electron chi connectivity index (χ4n) is 2.82. The first-order chi connectivity index (χ1) is 12.4. The first kappa shape index (κ1) is 19.1. The normalized spacial score (nSPS) is 15.8. The van der Waals surface area contributed by atoms with Crippen LogP contribution in [-0.4, -0.2) is 26.6 Å². The zero-order valence-electron chi connectivity index (χ0n) is 14.7.